The van der Waals surface area contributed by atoms with Gasteiger partial charge in [0.15, 0.2) is 0 Å². The van der Waals surface area contributed by atoms with Crippen LogP contribution in [0.2, 0.25) is 0 Å². The summed E-state index contributed by atoms with van der Waals surface area (Å²) in [6.45, 7) is 9.53. The molecule has 2 aromatic carbocycles. The molecular weight excluding hydrogens is 602 g/mol. The van der Waals surface area contributed by atoms with Gasteiger partial charge in [-0.25, -0.2) is 9.86 Å². The number of aromatic nitrogens is 1. The van der Waals surface area contributed by atoms with Gasteiger partial charge in [0.05, 0.1) is 18.2 Å². The molecule has 1 aliphatic carbocycles. The van der Waals surface area contributed by atoms with Gasteiger partial charge in [0.2, 0.25) is 5.91 Å². The molecule has 10 nitrogen and oxygen atoms in total. The number of likely N-dealkylation sites (tertiary alicyclic amines) is 2. The van der Waals surface area contributed by atoms with Crippen molar-refractivity contribution in [3.63, 3.8) is 0 Å². The fraction of sp³-hybridized carbons (Fsp3) is 0.543. The maximum Gasteiger partial charge on any atom is 0.298 e. The molecule has 3 aliphatic heterocycles. The summed E-state index contributed by atoms with van der Waals surface area (Å²) in [7, 11) is -2.56. The van der Waals surface area contributed by atoms with Gasteiger partial charge in [-0.3, -0.25) is 14.5 Å². The van der Waals surface area contributed by atoms with Crippen molar-refractivity contribution in [3.8, 4) is 17.0 Å². The molecule has 3 aromatic rings. The van der Waals surface area contributed by atoms with Crippen LogP contribution in [-0.4, -0.2) is 73.4 Å². The smallest absolute Gasteiger partial charge is 0.298 e. The minimum atomic E-state index is -4.24. The van der Waals surface area contributed by atoms with Crippen LogP contribution >= 0.6 is 0 Å². The van der Waals surface area contributed by atoms with Crippen LogP contribution in [0.4, 0.5) is 0 Å². The molecule has 0 spiro atoms. The van der Waals surface area contributed by atoms with Crippen LogP contribution in [0.3, 0.4) is 0 Å². The molecule has 1 aromatic heterocycles. The molecular formula is C35H45N5O5S. The summed E-state index contributed by atoms with van der Waals surface area (Å²) in [5, 5.41) is 6.20. The van der Waals surface area contributed by atoms with Crippen molar-refractivity contribution in [1.82, 2.24) is 19.1 Å². The van der Waals surface area contributed by atoms with Crippen molar-refractivity contribution in [3.05, 3.63) is 53.1 Å². The fourth-order valence-electron chi connectivity index (χ4n) is 8.98. The molecule has 1 saturated carbocycles. The van der Waals surface area contributed by atoms with Crippen LogP contribution in [0.5, 0.6) is 5.75 Å². The molecule has 4 aliphatic rings. The van der Waals surface area contributed by atoms with Crippen molar-refractivity contribution < 1.29 is 22.7 Å². The van der Waals surface area contributed by atoms with E-state index in [-0.39, 0.29) is 23.4 Å². The zero-order chi connectivity index (χ0) is 32.5. The Morgan fingerprint density at radius 1 is 1.07 bits per heavy atom. The molecule has 3 N–H and O–H groups in total. The molecule has 2 bridgehead atoms. The van der Waals surface area contributed by atoms with Gasteiger partial charge < -0.3 is 14.2 Å². The van der Waals surface area contributed by atoms with Crippen molar-refractivity contribution in [1.29, 1.82) is 0 Å². The van der Waals surface area contributed by atoms with Gasteiger partial charge in [0.25, 0.3) is 16.1 Å². The highest BCUT2D eigenvalue weighted by Crippen LogP contribution is 2.53. The van der Waals surface area contributed by atoms with E-state index < -0.39 is 21.5 Å². The molecule has 11 heteroatoms. The molecule has 46 heavy (non-hydrogen) atoms. The summed E-state index contributed by atoms with van der Waals surface area (Å²) >= 11 is 0. The lowest BCUT2D eigenvalue weighted by molar-refractivity contribution is -0.145. The number of carbonyl (C=O) groups is 2. The van der Waals surface area contributed by atoms with Crippen LogP contribution in [0, 0.1) is 5.41 Å². The third-order valence-corrected chi connectivity index (χ3v) is 12.0. The number of likely N-dealkylation sites (N-methyl/N-ethyl adjacent to an activating group) is 1. The Labute approximate surface area is 271 Å². The third kappa shape index (κ3) is 5.02. The third-order valence-electron chi connectivity index (χ3n) is 11.5. The Hall–Kier alpha value is -3.41. The molecule has 2 amide bonds. The van der Waals surface area contributed by atoms with Crippen LogP contribution in [0.15, 0.2) is 36.4 Å². The number of piperazine rings is 1. The Morgan fingerprint density at radius 3 is 2.48 bits per heavy atom. The lowest BCUT2D eigenvalue weighted by Crippen LogP contribution is -2.54. The van der Waals surface area contributed by atoms with Gasteiger partial charge in [-0.15, -0.1) is 0 Å². The van der Waals surface area contributed by atoms with Crippen molar-refractivity contribution >= 4 is 32.9 Å². The predicted molar refractivity (Wildman–Crippen MR) is 178 cm³/mol. The minimum absolute atomic E-state index is 0.130. The molecule has 7 rings (SSSR count). The van der Waals surface area contributed by atoms with Crippen LogP contribution in [0.1, 0.15) is 92.6 Å². The average molecular weight is 648 g/mol. The maximum atomic E-state index is 14.9. The summed E-state index contributed by atoms with van der Waals surface area (Å²) in [4.78, 5) is 32.6. The number of amides is 2. The zero-order valence-electron chi connectivity index (χ0n) is 27.2. The van der Waals surface area contributed by atoms with E-state index >= 15 is 0 Å². The summed E-state index contributed by atoms with van der Waals surface area (Å²) in [6.07, 6.45) is 6.68. The van der Waals surface area contributed by atoms with E-state index in [4.69, 9.17) is 9.88 Å². The average Bonchev–Trinajstić information content (AvgIpc) is 3.72. The van der Waals surface area contributed by atoms with Gasteiger partial charge in [-0.05, 0) is 86.0 Å². The number of nitrogens with one attached hydrogen (secondary N) is 1. The highest BCUT2D eigenvalue weighted by atomic mass is 32.2. The van der Waals surface area contributed by atoms with Gasteiger partial charge in [0.1, 0.15) is 5.75 Å². The van der Waals surface area contributed by atoms with E-state index in [0.717, 1.165) is 85.2 Å². The van der Waals surface area contributed by atoms with E-state index in [9.17, 15) is 18.0 Å². The number of nitrogens with zero attached hydrogens (tertiary/aromatic N) is 3. The van der Waals surface area contributed by atoms with Crippen molar-refractivity contribution in [2.75, 3.05) is 26.7 Å². The first-order valence-electron chi connectivity index (χ1n) is 16.7. The SMILES string of the molecule is CCN1C[C@H]2C[C@@H]1CN2C(=O)C1(C)Cn2c(c(C3CCCCC3)c3ccc(C(=O)NS(N)(=O)=O)cc32)-c2ccc(OC)cc2C1C. The largest absolute Gasteiger partial charge is 0.497 e. The Balaban J connectivity index is 1.45. The number of ether oxygens (including phenoxy) is 1. The van der Waals surface area contributed by atoms with Gasteiger partial charge >= 0.3 is 0 Å². The van der Waals surface area contributed by atoms with Gasteiger partial charge in [-0.2, -0.15) is 8.42 Å². The number of hydrogen-bond donors (Lipinski definition) is 2. The van der Waals surface area contributed by atoms with Crippen molar-refractivity contribution in [2.45, 2.75) is 89.8 Å². The molecule has 4 atom stereocenters. The molecule has 0 radical (unpaired) electrons. The Morgan fingerprint density at radius 2 is 1.83 bits per heavy atom. The summed E-state index contributed by atoms with van der Waals surface area (Å²) in [5.41, 5.74) is 4.73. The second-order valence-electron chi connectivity index (χ2n) is 14.1. The number of carbonyl (C=O) groups excluding carboxylic acids is 2. The maximum absolute atomic E-state index is 14.9. The topological polar surface area (TPSA) is 127 Å². The van der Waals surface area contributed by atoms with Gasteiger partial charge in [-0.1, -0.05) is 39.2 Å². The quantitative estimate of drug-likeness (QED) is 0.399. The summed E-state index contributed by atoms with van der Waals surface area (Å²) < 4.78 is 33.4. The lowest BCUT2D eigenvalue weighted by Gasteiger charge is -2.42. The van der Waals surface area contributed by atoms with E-state index in [1.54, 1.807) is 19.2 Å². The Bertz CT molecular complexity index is 1830. The second kappa shape index (κ2) is 11.4. The molecule has 3 fully saturated rings. The van der Waals surface area contributed by atoms with Gasteiger partial charge in [0, 0.05) is 53.7 Å². The minimum Gasteiger partial charge on any atom is -0.497 e. The van der Waals surface area contributed by atoms with E-state index in [2.05, 4.69) is 47.3 Å². The number of hydrogen-bond acceptors (Lipinski definition) is 6. The predicted octanol–water partition coefficient (Wildman–Crippen LogP) is 4.73. The number of rotatable bonds is 6. The van der Waals surface area contributed by atoms with Crippen LogP contribution < -0.4 is 14.6 Å². The monoisotopic (exact) mass is 647 g/mol. The number of nitrogens with two attached hydrogens (primary N) is 1. The zero-order valence-corrected chi connectivity index (χ0v) is 28.0. The van der Waals surface area contributed by atoms with Crippen LogP contribution in [0.25, 0.3) is 22.2 Å². The summed E-state index contributed by atoms with van der Waals surface area (Å²) in [6, 6.07) is 12.2. The first kappa shape index (κ1) is 31.2. The highest BCUT2D eigenvalue weighted by molar-refractivity contribution is 7.87. The van der Waals surface area contributed by atoms with E-state index in [1.165, 1.54) is 12.0 Å². The fourth-order valence-corrected chi connectivity index (χ4v) is 9.36. The van der Waals surface area contributed by atoms with E-state index in [1.807, 2.05) is 16.9 Å². The molecule has 2 saturated heterocycles. The van der Waals surface area contributed by atoms with Crippen LogP contribution in [-0.2, 0) is 21.5 Å². The molecule has 2 unspecified atom stereocenters. The standard InChI is InChI=1S/C35H45N5O5S/c1-5-38-18-25-16-24(38)19-39(25)34(42)35(3)20-40-30-15-23(33(41)37-46(36,43)44)11-13-28(30)31(22-9-7-6-8-10-22)32(40)27-14-12-26(45-4)17-29(27)21(35)2/h11-15,17,21-22,24-25H,5-10,16,18-20H2,1-4H3,(H,37,41)(H2,36,43,44)/t21?,24-,25-,35?/m1/s1. The number of benzene rings is 2. The lowest BCUT2D eigenvalue weighted by atomic mass is 9.72. The van der Waals surface area contributed by atoms with E-state index in [0.29, 0.717) is 18.5 Å². The second-order valence-corrected chi connectivity index (χ2v) is 15.4. The molecule has 4 heterocycles. The summed E-state index contributed by atoms with van der Waals surface area (Å²) in [5.74, 6) is 0.337. The molecule has 246 valence electrons. The Kier molecular flexibility index (Phi) is 7.72. The normalized spacial score (nSPS) is 26.5. The first-order valence-corrected chi connectivity index (χ1v) is 18.2. The number of fused-ring (bicyclic) bond motifs is 7. The number of methoxy groups -OCH3 is 1. The highest BCUT2D eigenvalue weighted by Gasteiger charge is 2.52. The first-order chi connectivity index (χ1) is 21.9. The van der Waals surface area contributed by atoms with Crippen molar-refractivity contribution in [2.24, 2.45) is 10.6 Å².